The number of hydrogen-bond acceptors (Lipinski definition) is 1. The van der Waals surface area contributed by atoms with E-state index < -0.39 is 0 Å². The van der Waals surface area contributed by atoms with Gasteiger partial charge in [0, 0.05) is 0 Å². The van der Waals surface area contributed by atoms with Gasteiger partial charge in [-0.05, 0) is 23.5 Å². The van der Waals surface area contributed by atoms with Gasteiger partial charge in [-0.3, -0.25) is 0 Å². The molecule has 0 radical (unpaired) electrons. The highest BCUT2D eigenvalue weighted by molar-refractivity contribution is 7.84. The van der Waals surface area contributed by atoms with E-state index in [4.69, 9.17) is 0 Å². The number of thiol groups is 1. The molecule has 0 nitrogen and oxygen atoms in total. The van der Waals surface area contributed by atoms with Crippen molar-refractivity contribution in [2.45, 2.75) is 6.92 Å². The molecule has 52 valence electrons. The lowest BCUT2D eigenvalue weighted by Crippen LogP contribution is -1.68. The number of allylic oxidation sites excluding steroid dienone is 1. The third-order valence-electron chi connectivity index (χ3n) is 1.18. The Morgan fingerprint density at radius 1 is 1.30 bits per heavy atom. The van der Waals surface area contributed by atoms with Crippen molar-refractivity contribution in [3.63, 3.8) is 0 Å². The van der Waals surface area contributed by atoms with Crippen LogP contribution in [0.3, 0.4) is 0 Å². The molecule has 0 amide bonds. The minimum absolute atomic E-state index is 1.03. The van der Waals surface area contributed by atoms with Gasteiger partial charge in [0.1, 0.15) is 0 Å². The molecule has 1 rings (SSSR count). The maximum absolute atomic E-state index is 4.17. The molecule has 0 N–H and O–H groups in total. The normalized spacial score (nSPS) is 11.6. The molecule has 0 aliphatic heterocycles. The quantitative estimate of drug-likeness (QED) is 0.584. The van der Waals surface area contributed by atoms with E-state index in [9.17, 15) is 0 Å². The van der Waals surface area contributed by atoms with Crippen LogP contribution >= 0.6 is 12.6 Å². The molecule has 0 bridgehead atoms. The van der Waals surface area contributed by atoms with Gasteiger partial charge in [0.15, 0.2) is 0 Å². The smallest absolute Gasteiger partial charge is 0.0209 e. The van der Waals surface area contributed by atoms with Crippen LogP contribution in [-0.4, -0.2) is 0 Å². The fourth-order valence-corrected chi connectivity index (χ4v) is 0.940. The minimum Gasteiger partial charge on any atom is -0.148 e. The maximum Gasteiger partial charge on any atom is -0.0209 e. The summed E-state index contributed by atoms with van der Waals surface area (Å²) in [6.45, 7) is 1.97. The van der Waals surface area contributed by atoms with Crippen molar-refractivity contribution in [1.82, 2.24) is 0 Å². The van der Waals surface area contributed by atoms with Crippen LogP contribution in [0.15, 0.2) is 35.2 Å². The Hall–Kier alpha value is -0.690. The molecule has 0 unspecified atom stereocenters. The highest BCUT2D eigenvalue weighted by atomic mass is 32.1. The molecule has 0 atom stereocenters. The molecule has 0 spiro atoms. The second kappa shape index (κ2) is 3.47. The van der Waals surface area contributed by atoms with Crippen LogP contribution in [0.1, 0.15) is 12.5 Å². The van der Waals surface area contributed by atoms with Crippen LogP contribution in [-0.2, 0) is 0 Å². The predicted octanol–water partition coefficient (Wildman–Crippen LogP) is 2.98. The fourth-order valence-electron chi connectivity index (χ4n) is 0.790. The summed E-state index contributed by atoms with van der Waals surface area (Å²) in [4.78, 5) is 1.03. The van der Waals surface area contributed by atoms with E-state index in [1.807, 2.05) is 31.2 Å². The summed E-state index contributed by atoms with van der Waals surface area (Å²) >= 11 is 4.17. The monoisotopic (exact) mass is 150 g/mol. The summed E-state index contributed by atoms with van der Waals surface area (Å²) in [5.74, 6) is 0. The summed E-state index contributed by atoms with van der Waals surface area (Å²) in [6, 6.07) is 10.1. The minimum atomic E-state index is 1.03. The van der Waals surface area contributed by atoms with E-state index in [-0.39, 0.29) is 0 Å². The molecule has 0 aliphatic carbocycles. The zero-order chi connectivity index (χ0) is 7.40. The molecule has 0 saturated heterocycles. The lowest BCUT2D eigenvalue weighted by molar-refractivity contribution is 1.63. The van der Waals surface area contributed by atoms with Crippen molar-refractivity contribution in [2.24, 2.45) is 0 Å². The van der Waals surface area contributed by atoms with E-state index >= 15 is 0 Å². The molecule has 10 heavy (non-hydrogen) atoms. The largest absolute Gasteiger partial charge is 0.148 e. The first-order valence-electron chi connectivity index (χ1n) is 3.21. The van der Waals surface area contributed by atoms with Gasteiger partial charge in [-0.2, -0.15) is 0 Å². The summed E-state index contributed by atoms with van der Waals surface area (Å²) in [7, 11) is 0. The fraction of sp³-hybridized carbons (Fsp3) is 0.111. The highest BCUT2D eigenvalue weighted by Gasteiger charge is 1.82. The van der Waals surface area contributed by atoms with E-state index in [2.05, 4.69) is 24.8 Å². The molecule has 0 heterocycles. The SMILES string of the molecule is CC(S)=Cc1ccccc1. The number of benzene rings is 1. The van der Waals surface area contributed by atoms with Gasteiger partial charge in [0.2, 0.25) is 0 Å². The zero-order valence-corrected chi connectivity index (χ0v) is 6.81. The van der Waals surface area contributed by atoms with Gasteiger partial charge in [0.25, 0.3) is 0 Å². The Morgan fingerprint density at radius 2 is 1.90 bits per heavy atom. The van der Waals surface area contributed by atoms with Crippen molar-refractivity contribution in [1.29, 1.82) is 0 Å². The van der Waals surface area contributed by atoms with Crippen molar-refractivity contribution in [3.8, 4) is 0 Å². The predicted molar refractivity (Wildman–Crippen MR) is 49.1 cm³/mol. The van der Waals surface area contributed by atoms with Gasteiger partial charge in [0.05, 0.1) is 0 Å². The van der Waals surface area contributed by atoms with Crippen LogP contribution < -0.4 is 0 Å². The molecule has 1 aromatic rings. The average Bonchev–Trinajstić information content (AvgIpc) is 1.88. The van der Waals surface area contributed by atoms with E-state index in [0.29, 0.717) is 0 Å². The molecule has 0 fully saturated rings. The van der Waals surface area contributed by atoms with Gasteiger partial charge in [-0.15, -0.1) is 12.6 Å². The Morgan fingerprint density at radius 3 is 2.40 bits per heavy atom. The van der Waals surface area contributed by atoms with Crippen molar-refractivity contribution in [3.05, 3.63) is 40.8 Å². The molecule has 1 aromatic carbocycles. The standard InChI is InChI=1S/C9H10S/c1-8(10)7-9-5-3-2-4-6-9/h2-7,10H,1H3. The molecular formula is C9H10S. The summed E-state index contributed by atoms with van der Waals surface area (Å²) < 4.78 is 0. The third kappa shape index (κ3) is 2.28. The van der Waals surface area contributed by atoms with Gasteiger partial charge >= 0.3 is 0 Å². The Bertz CT molecular complexity index is 220. The molecule has 1 heteroatoms. The first-order chi connectivity index (χ1) is 4.79. The van der Waals surface area contributed by atoms with Gasteiger partial charge < -0.3 is 0 Å². The van der Waals surface area contributed by atoms with E-state index in [1.54, 1.807) is 0 Å². The van der Waals surface area contributed by atoms with Crippen molar-refractivity contribution >= 4 is 18.7 Å². The summed E-state index contributed by atoms with van der Waals surface area (Å²) in [6.07, 6.45) is 2.03. The average molecular weight is 150 g/mol. The second-order valence-corrected chi connectivity index (χ2v) is 2.90. The van der Waals surface area contributed by atoms with Crippen LogP contribution in [0.2, 0.25) is 0 Å². The summed E-state index contributed by atoms with van der Waals surface area (Å²) in [5, 5.41) is 0. The van der Waals surface area contributed by atoms with Crippen molar-refractivity contribution in [2.75, 3.05) is 0 Å². The lowest BCUT2D eigenvalue weighted by atomic mass is 10.2. The van der Waals surface area contributed by atoms with Crippen LogP contribution in [0, 0.1) is 0 Å². The van der Waals surface area contributed by atoms with E-state index in [0.717, 1.165) is 4.91 Å². The highest BCUT2D eigenvalue weighted by Crippen LogP contribution is 2.07. The van der Waals surface area contributed by atoms with E-state index in [1.165, 1.54) is 5.56 Å². The molecule has 0 aliphatic rings. The first kappa shape index (κ1) is 7.42. The topological polar surface area (TPSA) is 0 Å². The van der Waals surface area contributed by atoms with Crippen LogP contribution in [0.25, 0.3) is 6.08 Å². The van der Waals surface area contributed by atoms with Gasteiger partial charge in [-0.25, -0.2) is 0 Å². The first-order valence-corrected chi connectivity index (χ1v) is 3.66. The molecule has 0 aromatic heterocycles. The Kier molecular flexibility index (Phi) is 2.57. The Labute approximate surface area is 67.0 Å². The number of rotatable bonds is 1. The zero-order valence-electron chi connectivity index (χ0n) is 5.91. The van der Waals surface area contributed by atoms with Gasteiger partial charge in [-0.1, -0.05) is 30.3 Å². The lowest BCUT2D eigenvalue weighted by Gasteiger charge is -1.90. The third-order valence-corrected chi connectivity index (χ3v) is 1.30. The second-order valence-electron chi connectivity index (χ2n) is 2.20. The maximum atomic E-state index is 4.17. The van der Waals surface area contributed by atoms with Crippen LogP contribution in [0.4, 0.5) is 0 Å². The Balaban J connectivity index is 2.87. The van der Waals surface area contributed by atoms with Crippen molar-refractivity contribution < 1.29 is 0 Å². The van der Waals surface area contributed by atoms with Crippen LogP contribution in [0.5, 0.6) is 0 Å². The molecular weight excluding hydrogens is 140 g/mol. The summed E-state index contributed by atoms with van der Waals surface area (Å²) in [5.41, 5.74) is 1.20. The molecule has 0 saturated carbocycles. The number of hydrogen-bond donors (Lipinski definition) is 1.